The molecule has 0 bridgehead atoms. The molecular weight excluding hydrogens is 475 g/mol. The van der Waals surface area contributed by atoms with Crippen molar-refractivity contribution >= 4 is 29.9 Å². The Kier molecular flexibility index (Phi) is 14.4. The molecule has 0 amide bonds. The molecule has 0 unspecified atom stereocenters. The molecule has 0 aliphatic carbocycles. The number of benzene rings is 1. The molecule has 0 atom stereocenters. The van der Waals surface area contributed by atoms with Gasteiger partial charge in [-0.15, -0.1) is 24.0 Å². The average Bonchev–Trinajstić information content (AvgIpc) is 2.71. The van der Waals surface area contributed by atoms with Gasteiger partial charge in [-0.25, -0.2) is 0 Å². The summed E-state index contributed by atoms with van der Waals surface area (Å²) < 4.78 is 5.76. The van der Waals surface area contributed by atoms with Crippen LogP contribution in [0.5, 0.6) is 0 Å². The summed E-state index contributed by atoms with van der Waals surface area (Å²) >= 11 is 0. The van der Waals surface area contributed by atoms with Crippen LogP contribution < -0.4 is 10.6 Å². The maximum Gasteiger partial charge on any atom is 0.191 e. The fourth-order valence-electron chi connectivity index (χ4n) is 3.52. The van der Waals surface area contributed by atoms with E-state index in [9.17, 15) is 0 Å². The third-order valence-electron chi connectivity index (χ3n) is 5.29. The maximum atomic E-state index is 5.76. The number of aliphatic imine (C=N–C) groups is 1. The molecule has 29 heavy (non-hydrogen) atoms. The van der Waals surface area contributed by atoms with Gasteiger partial charge in [-0.2, -0.15) is 0 Å². The number of likely N-dealkylation sites (tertiary alicyclic amines) is 1. The van der Waals surface area contributed by atoms with Gasteiger partial charge in [-0.1, -0.05) is 30.3 Å². The van der Waals surface area contributed by atoms with Crippen LogP contribution in [0.4, 0.5) is 0 Å². The van der Waals surface area contributed by atoms with Gasteiger partial charge in [0.15, 0.2) is 5.96 Å². The molecule has 0 saturated carbocycles. The van der Waals surface area contributed by atoms with E-state index in [0.717, 1.165) is 51.5 Å². The minimum absolute atomic E-state index is 0. The zero-order valence-electron chi connectivity index (χ0n) is 18.5. The number of unbranched alkanes of at least 4 members (excludes halogenated alkanes) is 1. The van der Waals surface area contributed by atoms with E-state index in [-0.39, 0.29) is 24.0 Å². The van der Waals surface area contributed by atoms with Crippen molar-refractivity contribution in [2.45, 2.75) is 65.0 Å². The molecule has 1 aliphatic rings. The predicted octanol–water partition coefficient (Wildman–Crippen LogP) is 4.07. The summed E-state index contributed by atoms with van der Waals surface area (Å²) in [6.45, 7) is 12.4. The summed E-state index contributed by atoms with van der Waals surface area (Å²) in [5.74, 6) is 0.968. The fourth-order valence-corrected chi connectivity index (χ4v) is 3.52. The molecule has 2 rings (SSSR count). The Bertz CT molecular complexity index is 545. The molecule has 1 aliphatic heterocycles. The van der Waals surface area contributed by atoms with Crippen molar-refractivity contribution in [3.63, 3.8) is 0 Å². The first-order valence-corrected chi connectivity index (χ1v) is 11.1. The van der Waals surface area contributed by atoms with Crippen LogP contribution in [0.15, 0.2) is 35.3 Å². The third-order valence-corrected chi connectivity index (χ3v) is 5.29. The summed E-state index contributed by atoms with van der Waals surface area (Å²) in [5, 5.41) is 7.01. The summed E-state index contributed by atoms with van der Waals surface area (Å²) in [4.78, 5) is 7.31. The largest absolute Gasteiger partial charge is 0.381 e. The third kappa shape index (κ3) is 11.2. The molecule has 0 radical (unpaired) electrons. The van der Waals surface area contributed by atoms with Crippen LogP contribution in [0.3, 0.4) is 0 Å². The molecule has 166 valence electrons. The first kappa shape index (κ1) is 26.2. The van der Waals surface area contributed by atoms with Gasteiger partial charge < -0.3 is 20.3 Å². The summed E-state index contributed by atoms with van der Waals surface area (Å²) in [5.41, 5.74) is 1.34. The molecule has 1 heterocycles. The molecule has 6 heteroatoms. The zero-order chi connectivity index (χ0) is 20.0. The lowest BCUT2D eigenvalue weighted by Gasteiger charge is -2.35. The van der Waals surface area contributed by atoms with Gasteiger partial charge in [0.05, 0.1) is 6.61 Å². The number of hydrogen-bond donors (Lipinski definition) is 2. The number of hydrogen-bond acceptors (Lipinski definition) is 3. The number of nitrogens with one attached hydrogen (secondary N) is 2. The molecule has 2 N–H and O–H groups in total. The summed E-state index contributed by atoms with van der Waals surface area (Å²) in [6.07, 6.45) is 5.50. The van der Waals surface area contributed by atoms with Crippen LogP contribution in [0.1, 0.15) is 52.0 Å². The average molecular weight is 517 g/mol. The second kappa shape index (κ2) is 15.9. The lowest BCUT2D eigenvalue weighted by Crippen LogP contribution is -2.49. The SMILES string of the molecule is CCNC(=NCCCCOCCc1ccccc1)NC1CCN(C(C)C)CC1.I. The standard InChI is InChI=1S/C23H40N4O.HI/c1-4-24-23(26-22-12-16-27(17-13-22)20(2)3)25-15-8-9-18-28-19-14-21-10-6-5-7-11-21;/h5-7,10-11,20,22H,4,8-9,12-19H2,1-3H3,(H2,24,25,26);1H. The van der Waals surface area contributed by atoms with Gasteiger partial charge in [0.2, 0.25) is 0 Å². The minimum atomic E-state index is 0. The quantitative estimate of drug-likeness (QED) is 0.202. The van der Waals surface area contributed by atoms with Crippen LogP contribution in [-0.2, 0) is 11.2 Å². The highest BCUT2D eigenvalue weighted by atomic mass is 127. The van der Waals surface area contributed by atoms with Crippen LogP contribution >= 0.6 is 24.0 Å². The Morgan fingerprint density at radius 2 is 1.86 bits per heavy atom. The Morgan fingerprint density at radius 3 is 2.52 bits per heavy atom. The van der Waals surface area contributed by atoms with E-state index < -0.39 is 0 Å². The van der Waals surface area contributed by atoms with Gasteiger partial charge >= 0.3 is 0 Å². The second-order valence-electron chi connectivity index (χ2n) is 7.86. The van der Waals surface area contributed by atoms with Gasteiger partial charge in [0.1, 0.15) is 0 Å². The normalized spacial score (nSPS) is 15.9. The highest BCUT2D eigenvalue weighted by Gasteiger charge is 2.21. The molecule has 1 saturated heterocycles. The fraction of sp³-hybridized carbons (Fsp3) is 0.696. The molecule has 5 nitrogen and oxygen atoms in total. The number of rotatable bonds is 11. The number of piperidine rings is 1. The molecule has 0 spiro atoms. The van der Waals surface area contributed by atoms with E-state index in [0.29, 0.717) is 12.1 Å². The maximum absolute atomic E-state index is 5.76. The van der Waals surface area contributed by atoms with E-state index in [2.05, 4.69) is 66.6 Å². The van der Waals surface area contributed by atoms with E-state index in [1.807, 2.05) is 0 Å². The minimum Gasteiger partial charge on any atom is -0.381 e. The Hall–Kier alpha value is -0.860. The summed E-state index contributed by atoms with van der Waals surface area (Å²) in [7, 11) is 0. The molecule has 0 aromatic heterocycles. The highest BCUT2D eigenvalue weighted by molar-refractivity contribution is 14.0. The number of halogens is 1. The van der Waals surface area contributed by atoms with Gasteiger partial charge in [-0.3, -0.25) is 4.99 Å². The van der Waals surface area contributed by atoms with Gasteiger partial charge in [0.25, 0.3) is 0 Å². The van der Waals surface area contributed by atoms with Crippen molar-refractivity contribution in [1.29, 1.82) is 0 Å². The number of ether oxygens (including phenoxy) is 1. The topological polar surface area (TPSA) is 48.9 Å². The Labute approximate surface area is 195 Å². The van der Waals surface area contributed by atoms with Crippen molar-refractivity contribution in [3.8, 4) is 0 Å². The second-order valence-corrected chi connectivity index (χ2v) is 7.86. The monoisotopic (exact) mass is 516 g/mol. The van der Waals surface area contributed by atoms with Crippen LogP contribution in [0.25, 0.3) is 0 Å². The van der Waals surface area contributed by atoms with Crippen molar-refractivity contribution in [3.05, 3.63) is 35.9 Å². The van der Waals surface area contributed by atoms with E-state index in [4.69, 9.17) is 9.73 Å². The first-order chi connectivity index (χ1) is 13.7. The Balaban J connectivity index is 0.00000420. The van der Waals surface area contributed by atoms with Crippen LogP contribution in [0, 0.1) is 0 Å². The first-order valence-electron chi connectivity index (χ1n) is 11.1. The van der Waals surface area contributed by atoms with E-state index in [1.54, 1.807) is 0 Å². The summed E-state index contributed by atoms with van der Waals surface area (Å²) in [6, 6.07) is 11.7. The van der Waals surface area contributed by atoms with Crippen LogP contribution in [-0.4, -0.2) is 62.3 Å². The van der Waals surface area contributed by atoms with Crippen molar-refractivity contribution in [2.75, 3.05) is 39.4 Å². The van der Waals surface area contributed by atoms with Gasteiger partial charge in [0, 0.05) is 44.9 Å². The molecule has 1 aromatic carbocycles. The van der Waals surface area contributed by atoms with Crippen molar-refractivity contribution in [2.24, 2.45) is 4.99 Å². The molecular formula is C23H41IN4O. The van der Waals surface area contributed by atoms with Crippen molar-refractivity contribution < 1.29 is 4.74 Å². The van der Waals surface area contributed by atoms with E-state index in [1.165, 1.54) is 31.5 Å². The lowest BCUT2D eigenvalue weighted by atomic mass is 10.0. The predicted molar refractivity (Wildman–Crippen MR) is 134 cm³/mol. The highest BCUT2D eigenvalue weighted by Crippen LogP contribution is 2.12. The van der Waals surface area contributed by atoms with E-state index >= 15 is 0 Å². The molecule has 1 fully saturated rings. The van der Waals surface area contributed by atoms with Gasteiger partial charge in [-0.05, 0) is 58.4 Å². The van der Waals surface area contributed by atoms with Crippen LogP contribution in [0.2, 0.25) is 0 Å². The number of guanidine groups is 1. The van der Waals surface area contributed by atoms with Crippen molar-refractivity contribution in [1.82, 2.24) is 15.5 Å². The Morgan fingerprint density at radius 1 is 1.14 bits per heavy atom. The zero-order valence-corrected chi connectivity index (χ0v) is 20.9. The number of nitrogens with zero attached hydrogens (tertiary/aromatic N) is 2. The lowest BCUT2D eigenvalue weighted by molar-refractivity contribution is 0.134. The molecule has 1 aromatic rings. The smallest absolute Gasteiger partial charge is 0.191 e.